The van der Waals surface area contributed by atoms with Gasteiger partial charge in [-0.25, -0.2) is 0 Å². The number of nitrogens with zero attached hydrogens (tertiary/aromatic N) is 4. The molecule has 0 unspecified atom stereocenters. The summed E-state index contributed by atoms with van der Waals surface area (Å²) in [4.78, 5) is 36.2. The minimum Gasteiger partial charge on any atom is -0.311 e. The first-order chi connectivity index (χ1) is 11.4. The fourth-order valence-corrected chi connectivity index (χ4v) is 3.06. The Kier molecular flexibility index (Phi) is 4.21. The van der Waals surface area contributed by atoms with E-state index >= 15 is 0 Å². The van der Waals surface area contributed by atoms with Crippen LogP contribution < -0.4 is 10.2 Å². The first kappa shape index (κ1) is 16.0. The summed E-state index contributed by atoms with van der Waals surface area (Å²) >= 11 is 1.25. The Labute approximate surface area is 140 Å². The summed E-state index contributed by atoms with van der Waals surface area (Å²) in [6.07, 6.45) is 0.0479. The van der Waals surface area contributed by atoms with Gasteiger partial charge in [-0.1, -0.05) is 17.4 Å². The smallest absolute Gasteiger partial charge is 0.271 e. The first-order valence-corrected chi connectivity index (χ1v) is 7.91. The fourth-order valence-electron chi connectivity index (χ4n) is 2.46. The van der Waals surface area contributed by atoms with Gasteiger partial charge < -0.3 is 10.2 Å². The molecule has 1 N–H and O–H groups in total. The molecule has 2 heterocycles. The van der Waals surface area contributed by atoms with E-state index in [1.807, 2.05) is 0 Å². The molecule has 2 amide bonds. The molecule has 124 valence electrons. The Hall–Kier alpha value is -2.88. The molecule has 1 saturated heterocycles. The number of aryl methyl sites for hydroxylation is 1. The number of rotatable bonds is 4. The highest BCUT2D eigenvalue weighted by Gasteiger charge is 2.35. The van der Waals surface area contributed by atoms with E-state index in [9.17, 15) is 19.7 Å². The van der Waals surface area contributed by atoms with Gasteiger partial charge in [0.25, 0.3) is 5.69 Å². The zero-order valence-corrected chi connectivity index (χ0v) is 13.4. The number of hydrogen-bond acceptors (Lipinski definition) is 7. The summed E-state index contributed by atoms with van der Waals surface area (Å²) in [5.41, 5.74) is 0.314. The highest BCUT2D eigenvalue weighted by Crippen LogP contribution is 2.28. The highest BCUT2D eigenvalue weighted by atomic mass is 32.1. The average molecular weight is 347 g/mol. The van der Waals surface area contributed by atoms with Gasteiger partial charge in [-0.15, -0.1) is 10.2 Å². The van der Waals surface area contributed by atoms with Crippen LogP contribution >= 0.6 is 11.3 Å². The van der Waals surface area contributed by atoms with Crippen LogP contribution in [-0.4, -0.2) is 33.5 Å². The van der Waals surface area contributed by atoms with E-state index in [1.165, 1.54) is 34.4 Å². The van der Waals surface area contributed by atoms with Crippen molar-refractivity contribution < 1.29 is 14.5 Å². The molecule has 0 saturated carbocycles. The summed E-state index contributed by atoms with van der Waals surface area (Å²) < 4.78 is 0. The van der Waals surface area contributed by atoms with Crippen LogP contribution in [0.25, 0.3) is 0 Å². The second kappa shape index (κ2) is 6.32. The number of hydrogen-bond donors (Lipinski definition) is 1. The summed E-state index contributed by atoms with van der Waals surface area (Å²) in [7, 11) is 0. The van der Waals surface area contributed by atoms with E-state index in [2.05, 4.69) is 15.5 Å². The first-order valence-electron chi connectivity index (χ1n) is 7.10. The molecule has 2 aromatic rings. The van der Waals surface area contributed by atoms with Gasteiger partial charge in [0.15, 0.2) is 0 Å². The molecule has 0 aliphatic carbocycles. The molecule has 1 aromatic heterocycles. The van der Waals surface area contributed by atoms with Crippen molar-refractivity contribution in [3.8, 4) is 0 Å². The minimum atomic E-state index is -0.541. The van der Waals surface area contributed by atoms with E-state index in [0.717, 1.165) is 5.01 Å². The normalized spacial score (nSPS) is 17.1. The van der Waals surface area contributed by atoms with Gasteiger partial charge in [0.05, 0.1) is 16.5 Å². The second-order valence-corrected chi connectivity index (χ2v) is 6.48. The van der Waals surface area contributed by atoms with Crippen LogP contribution in [0.5, 0.6) is 0 Å². The summed E-state index contributed by atoms with van der Waals surface area (Å²) in [6.45, 7) is 1.94. The van der Waals surface area contributed by atoms with E-state index in [1.54, 1.807) is 13.0 Å². The van der Waals surface area contributed by atoms with Crippen molar-refractivity contribution in [2.45, 2.75) is 13.3 Å². The number of anilines is 2. The zero-order chi connectivity index (χ0) is 17.3. The third-order valence-corrected chi connectivity index (χ3v) is 4.36. The Morgan fingerprint density at radius 1 is 1.46 bits per heavy atom. The molecule has 0 bridgehead atoms. The molecule has 0 radical (unpaired) electrons. The number of nitro benzene ring substituents is 1. The summed E-state index contributed by atoms with van der Waals surface area (Å²) in [5, 5.41) is 22.2. The molecular weight excluding hydrogens is 334 g/mol. The lowest BCUT2D eigenvalue weighted by molar-refractivity contribution is -0.384. The maximum Gasteiger partial charge on any atom is 0.271 e. The average Bonchev–Trinajstić information content (AvgIpc) is 3.13. The molecular formula is C14H13N5O4S. The molecule has 1 aromatic carbocycles. The molecule has 1 atom stereocenters. The molecule has 1 aliphatic heterocycles. The number of carbonyl (C=O) groups is 2. The maximum atomic E-state index is 12.3. The number of non-ortho nitro benzene ring substituents is 1. The van der Waals surface area contributed by atoms with Crippen molar-refractivity contribution in [3.63, 3.8) is 0 Å². The number of aromatic nitrogens is 2. The standard InChI is InChI=1S/C14H13N5O4S/c1-8-16-17-14(24-8)15-13(21)9-5-12(20)18(7-9)10-3-2-4-11(6-10)19(22)23/h2-4,6,9H,5,7H2,1H3,(H,15,17,21)/t9-/m0/s1. The van der Waals surface area contributed by atoms with Gasteiger partial charge in [-0.05, 0) is 13.0 Å². The van der Waals surface area contributed by atoms with Crippen molar-refractivity contribution in [2.75, 3.05) is 16.8 Å². The van der Waals surface area contributed by atoms with Gasteiger partial charge in [-0.3, -0.25) is 19.7 Å². The lowest BCUT2D eigenvalue weighted by Gasteiger charge is -2.16. The van der Waals surface area contributed by atoms with E-state index in [4.69, 9.17) is 0 Å². The van der Waals surface area contributed by atoms with E-state index in [0.29, 0.717) is 10.8 Å². The van der Waals surface area contributed by atoms with Crippen LogP contribution in [0.1, 0.15) is 11.4 Å². The quantitative estimate of drug-likeness (QED) is 0.665. The molecule has 1 aliphatic rings. The van der Waals surface area contributed by atoms with Crippen molar-refractivity contribution in [2.24, 2.45) is 5.92 Å². The van der Waals surface area contributed by atoms with Gasteiger partial charge in [0.2, 0.25) is 16.9 Å². The number of benzene rings is 1. The predicted octanol–water partition coefficient (Wildman–Crippen LogP) is 1.75. The van der Waals surface area contributed by atoms with Crippen molar-refractivity contribution in [3.05, 3.63) is 39.4 Å². The fraction of sp³-hybridized carbons (Fsp3) is 0.286. The molecule has 0 spiro atoms. The van der Waals surface area contributed by atoms with Gasteiger partial charge in [0, 0.05) is 25.1 Å². The van der Waals surface area contributed by atoms with E-state index < -0.39 is 10.8 Å². The van der Waals surface area contributed by atoms with Crippen molar-refractivity contribution in [1.82, 2.24) is 10.2 Å². The summed E-state index contributed by atoms with van der Waals surface area (Å²) in [6, 6.07) is 5.80. The van der Waals surface area contributed by atoms with Crippen LogP contribution in [0, 0.1) is 23.0 Å². The topological polar surface area (TPSA) is 118 Å². The Bertz CT molecular complexity index is 821. The Morgan fingerprint density at radius 2 is 2.25 bits per heavy atom. The summed E-state index contributed by atoms with van der Waals surface area (Å²) in [5.74, 6) is -1.10. The van der Waals surface area contributed by atoms with Crippen LogP contribution in [0.4, 0.5) is 16.5 Å². The lowest BCUT2D eigenvalue weighted by atomic mass is 10.1. The largest absolute Gasteiger partial charge is 0.311 e. The number of carbonyl (C=O) groups excluding carboxylic acids is 2. The zero-order valence-electron chi connectivity index (χ0n) is 12.6. The lowest BCUT2D eigenvalue weighted by Crippen LogP contribution is -2.28. The second-order valence-electron chi connectivity index (χ2n) is 5.30. The van der Waals surface area contributed by atoms with Crippen molar-refractivity contribution in [1.29, 1.82) is 0 Å². The molecule has 3 rings (SSSR count). The van der Waals surface area contributed by atoms with Crippen LogP contribution in [0.15, 0.2) is 24.3 Å². The van der Waals surface area contributed by atoms with Crippen LogP contribution in [0.3, 0.4) is 0 Å². The third kappa shape index (κ3) is 3.23. The van der Waals surface area contributed by atoms with Crippen molar-refractivity contribution >= 4 is 39.7 Å². The molecule has 9 nitrogen and oxygen atoms in total. The molecule has 1 fully saturated rings. The highest BCUT2D eigenvalue weighted by molar-refractivity contribution is 7.15. The van der Waals surface area contributed by atoms with Crippen LogP contribution in [-0.2, 0) is 9.59 Å². The van der Waals surface area contributed by atoms with Gasteiger partial charge in [0.1, 0.15) is 5.01 Å². The van der Waals surface area contributed by atoms with Gasteiger partial charge in [-0.2, -0.15) is 0 Å². The molecule has 10 heteroatoms. The predicted molar refractivity (Wildman–Crippen MR) is 86.8 cm³/mol. The number of amides is 2. The SMILES string of the molecule is Cc1nnc(NC(=O)[C@H]2CC(=O)N(c3cccc([N+](=O)[O-])c3)C2)s1. The third-order valence-electron chi connectivity index (χ3n) is 3.60. The number of nitro groups is 1. The Balaban J connectivity index is 1.72. The van der Waals surface area contributed by atoms with Gasteiger partial charge >= 0.3 is 0 Å². The minimum absolute atomic E-state index is 0.0479. The van der Waals surface area contributed by atoms with E-state index in [-0.39, 0.29) is 30.5 Å². The number of nitrogens with one attached hydrogen (secondary N) is 1. The molecule has 24 heavy (non-hydrogen) atoms. The monoisotopic (exact) mass is 347 g/mol. The van der Waals surface area contributed by atoms with Crippen LogP contribution in [0.2, 0.25) is 0 Å². The maximum absolute atomic E-state index is 12.3. The Morgan fingerprint density at radius 3 is 2.92 bits per heavy atom.